The summed E-state index contributed by atoms with van der Waals surface area (Å²) in [6.07, 6.45) is 6.70. The molecule has 4 rings (SSSR count). The van der Waals surface area contributed by atoms with Crippen LogP contribution in [-0.2, 0) is 17.8 Å². The SMILES string of the molecule is O=C(C[n+]1ccc(C(=O)c2ccccc2)cc1)N[C@H]1CCCc2ccccc21. The first-order valence-electron chi connectivity index (χ1n) is 9.67. The topological polar surface area (TPSA) is 50.0 Å². The Bertz CT molecular complexity index is 981. The lowest BCUT2D eigenvalue weighted by Gasteiger charge is -2.25. The van der Waals surface area contributed by atoms with Gasteiger partial charge in [0.2, 0.25) is 6.54 Å². The van der Waals surface area contributed by atoms with Gasteiger partial charge in [0, 0.05) is 23.3 Å². The Morgan fingerprint density at radius 2 is 1.57 bits per heavy atom. The fourth-order valence-electron chi connectivity index (χ4n) is 3.78. The summed E-state index contributed by atoms with van der Waals surface area (Å²) in [6.45, 7) is 0.235. The van der Waals surface area contributed by atoms with Gasteiger partial charge in [-0.25, -0.2) is 0 Å². The summed E-state index contributed by atoms with van der Waals surface area (Å²) >= 11 is 0. The van der Waals surface area contributed by atoms with Crippen LogP contribution in [0.25, 0.3) is 0 Å². The molecule has 0 radical (unpaired) electrons. The van der Waals surface area contributed by atoms with E-state index in [-0.39, 0.29) is 24.3 Å². The third kappa shape index (κ3) is 4.01. The maximum atomic E-state index is 12.5. The predicted molar refractivity (Wildman–Crippen MR) is 107 cm³/mol. The normalized spacial score (nSPS) is 15.5. The Hall–Kier alpha value is -3.27. The van der Waals surface area contributed by atoms with Crippen molar-refractivity contribution in [2.24, 2.45) is 0 Å². The highest BCUT2D eigenvalue weighted by molar-refractivity contribution is 6.08. The van der Waals surface area contributed by atoms with E-state index in [1.54, 1.807) is 41.2 Å². The quantitative estimate of drug-likeness (QED) is 0.552. The largest absolute Gasteiger partial charge is 0.344 e. The van der Waals surface area contributed by atoms with Crippen LogP contribution >= 0.6 is 0 Å². The summed E-state index contributed by atoms with van der Waals surface area (Å²) in [5.74, 6) is -0.0372. The number of carbonyl (C=O) groups is 2. The molecule has 0 saturated heterocycles. The second-order valence-electron chi connectivity index (χ2n) is 7.17. The van der Waals surface area contributed by atoms with Crippen molar-refractivity contribution in [2.45, 2.75) is 31.8 Å². The Balaban J connectivity index is 1.40. The molecule has 28 heavy (non-hydrogen) atoms. The van der Waals surface area contributed by atoms with Crippen molar-refractivity contribution >= 4 is 11.7 Å². The molecule has 4 nitrogen and oxygen atoms in total. The molecule has 1 heterocycles. The van der Waals surface area contributed by atoms with E-state index in [0.29, 0.717) is 11.1 Å². The van der Waals surface area contributed by atoms with Gasteiger partial charge in [-0.2, -0.15) is 4.57 Å². The summed E-state index contributed by atoms with van der Waals surface area (Å²) in [7, 11) is 0. The summed E-state index contributed by atoms with van der Waals surface area (Å²) < 4.78 is 1.80. The second kappa shape index (κ2) is 8.17. The van der Waals surface area contributed by atoms with Gasteiger partial charge in [0.25, 0.3) is 5.91 Å². The van der Waals surface area contributed by atoms with Crippen LogP contribution in [0.15, 0.2) is 79.1 Å². The number of hydrogen-bond acceptors (Lipinski definition) is 2. The monoisotopic (exact) mass is 371 g/mol. The molecule has 1 N–H and O–H groups in total. The van der Waals surface area contributed by atoms with E-state index in [9.17, 15) is 9.59 Å². The molecule has 0 spiro atoms. The molecular formula is C24H23N2O2+. The first-order valence-corrected chi connectivity index (χ1v) is 9.67. The van der Waals surface area contributed by atoms with Gasteiger partial charge in [-0.1, -0.05) is 54.6 Å². The molecule has 1 atom stereocenters. The number of rotatable bonds is 5. The standard InChI is InChI=1S/C24H22N2O2/c27-23(25-22-12-6-10-18-7-4-5-11-21(18)22)17-26-15-13-20(14-16-26)24(28)19-8-2-1-3-9-19/h1-5,7-9,11,13-16,22H,6,10,12,17H2/p+1/t22-/m0/s1. The van der Waals surface area contributed by atoms with Gasteiger partial charge in [0.05, 0.1) is 6.04 Å². The van der Waals surface area contributed by atoms with Crippen LogP contribution in [0.1, 0.15) is 45.9 Å². The lowest BCUT2D eigenvalue weighted by Crippen LogP contribution is -2.44. The van der Waals surface area contributed by atoms with E-state index in [4.69, 9.17) is 0 Å². The third-order valence-electron chi connectivity index (χ3n) is 5.22. The smallest absolute Gasteiger partial charge is 0.286 e. The van der Waals surface area contributed by atoms with Gasteiger partial charge in [0.15, 0.2) is 18.2 Å². The first-order chi connectivity index (χ1) is 13.7. The molecule has 0 saturated carbocycles. The molecule has 0 bridgehead atoms. The summed E-state index contributed by atoms with van der Waals surface area (Å²) in [5, 5.41) is 3.16. The zero-order valence-electron chi connectivity index (χ0n) is 15.7. The Kier molecular flexibility index (Phi) is 5.29. The minimum atomic E-state index is -0.0196. The lowest BCUT2D eigenvalue weighted by molar-refractivity contribution is -0.684. The average Bonchev–Trinajstić information content (AvgIpc) is 2.75. The fraction of sp³-hybridized carbons (Fsp3) is 0.208. The highest BCUT2D eigenvalue weighted by atomic mass is 16.2. The number of benzene rings is 2. The van der Waals surface area contributed by atoms with Crippen LogP contribution < -0.4 is 9.88 Å². The highest BCUT2D eigenvalue weighted by Crippen LogP contribution is 2.29. The number of nitrogens with one attached hydrogen (secondary N) is 1. The number of ketones is 1. The van der Waals surface area contributed by atoms with Crippen LogP contribution in [0, 0.1) is 0 Å². The van der Waals surface area contributed by atoms with Crippen molar-refractivity contribution in [3.05, 3.63) is 101 Å². The molecule has 1 aliphatic rings. The average molecular weight is 371 g/mol. The number of hydrogen-bond donors (Lipinski definition) is 1. The molecule has 0 fully saturated rings. The second-order valence-corrected chi connectivity index (χ2v) is 7.17. The van der Waals surface area contributed by atoms with Crippen molar-refractivity contribution in [1.29, 1.82) is 0 Å². The molecule has 0 unspecified atom stereocenters. The Morgan fingerprint density at radius 1 is 0.893 bits per heavy atom. The number of nitrogens with zero attached hydrogens (tertiary/aromatic N) is 1. The van der Waals surface area contributed by atoms with Gasteiger partial charge in [-0.15, -0.1) is 0 Å². The summed E-state index contributed by atoms with van der Waals surface area (Å²) in [4.78, 5) is 25.0. The molecule has 4 heteroatoms. The molecule has 1 aliphatic carbocycles. The van der Waals surface area contributed by atoms with Crippen LogP contribution in [0.3, 0.4) is 0 Å². The van der Waals surface area contributed by atoms with Crippen LogP contribution in [0.2, 0.25) is 0 Å². The van der Waals surface area contributed by atoms with Crippen molar-refractivity contribution in [1.82, 2.24) is 5.32 Å². The van der Waals surface area contributed by atoms with E-state index in [1.165, 1.54) is 11.1 Å². The molecule has 140 valence electrons. The minimum Gasteiger partial charge on any atom is -0.344 e. The lowest BCUT2D eigenvalue weighted by atomic mass is 9.88. The zero-order chi connectivity index (χ0) is 19.3. The summed E-state index contributed by atoms with van der Waals surface area (Å²) in [5.41, 5.74) is 3.84. The van der Waals surface area contributed by atoms with Gasteiger partial charge in [0.1, 0.15) is 0 Å². The van der Waals surface area contributed by atoms with Crippen LogP contribution in [0.5, 0.6) is 0 Å². The maximum Gasteiger partial charge on any atom is 0.286 e. The number of carbonyl (C=O) groups excluding carboxylic acids is 2. The highest BCUT2D eigenvalue weighted by Gasteiger charge is 2.22. The van der Waals surface area contributed by atoms with E-state index in [0.717, 1.165) is 19.3 Å². The van der Waals surface area contributed by atoms with Crippen molar-refractivity contribution in [3.8, 4) is 0 Å². The molecule has 1 aromatic heterocycles. The van der Waals surface area contributed by atoms with Crippen LogP contribution in [0.4, 0.5) is 0 Å². The minimum absolute atomic E-state index is 0.0176. The summed E-state index contributed by atoms with van der Waals surface area (Å²) in [6, 6.07) is 21.1. The molecule has 3 aromatic rings. The van der Waals surface area contributed by atoms with Gasteiger partial charge < -0.3 is 5.32 Å². The number of pyridine rings is 1. The number of aryl methyl sites for hydroxylation is 1. The zero-order valence-corrected chi connectivity index (χ0v) is 15.7. The molecule has 1 amide bonds. The maximum absolute atomic E-state index is 12.5. The molecular weight excluding hydrogens is 348 g/mol. The fourth-order valence-corrected chi connectivity index (χ4v) is 3.78. The van der Waals surface area contributed by atoms with E-state index >= 15 is 0 Å². The van der Waals surface area contributed by atoms with Crippen molar-refractivity contribution in [2.75, 3.05) is 0 Å². The number of amides is 1. The van der Waals surface area contributed by atoms with E-state index in [1.807, 2.05) is 24.3 Å². The Labute approximate surface area is 164 Å². The van der Waals surface area contributed by atoms with E-state index < -0.39 is 0 Å². The predicted octanol–water partition coefficient (Wildman–Crippen LogP) is 3.40. The van der Waals surface area contributed by atoms with Crippen molar-refractivity contribution in [3.63, 3.8) is 0 Å². The van der Waals surface area contributed by atoms with E-state index in [2.05, 4.69) is 23.5 Å². The Morgan fingerprint density at radius 3 is 2.36 bits per heavy atom. The third-order valence-corrected chi connectivity index (χ3v) is 5.22. The van der Waals surface area contributed by atoms with Gasteiger partial charge >= 0.3 is 0 Å². The van der Waals surface area contributed by atoms with Gasteiger partial charge in [-0.05, 0) is 30.4 Å². The first kappa shape index (κ1) is 18.1. The van der Waals surface area contributed by atoms with Crippen molar-refractivity contribution < 1.29 is 14.2 Å². The molecule has 0 aliphatic heterocycles. The van der Waals surface area contributed by atoms with Gasteiger partial charge in [-0.3, -0.25) is 9.59 Å². The molecule has 2 aromatic carbocycles. The van der Waals surface area contributed by atoms with Crippen LogP contribution in [-0.4, -0.2) is 11.7 Å². The number of fused-ring (bicyclic) bond motifs is 1. The number of aromatic nitrogens is 1.